The molecule has 0 saturated carbocycles. The normalized spacial score (nSPS) is 17.7. The van der Waals surface area contributed by atoms with E-state index in [1.165, 1.54) is 0 Å². The van der Waals surface area contributed by atoms with Crippen molar-refractivity contribution in [3.8, 4) is 5.69 Å². The molecule has 5 rings (SSSR count). The fourth-order valence-corrected chi connectivity index (χ4v) is 6.61. The van der Waals surface area contributed by atoms with Gasteiger partial charge in [0.2, 0.25) is 0 Å². The number of fused-ring (bicyclic) bond motifs is 3. The number of carboxylic acids is 1. The number of carboxylic acid groups (broad SMARTS) is 1. The van der Waals surface area contributed by atoms with Crippen LogP contribution in [0.1, 0.15) is 42.3 Å². The van der Waals surface area contributed by atoms with Gasteiger partial charge in [-0.25, -0.2) is 0 Å². The van der Waals surface area contributed by atoms with Crippen LogP contribution in [0.3, 0.4) is 0 Å². The van der Waals surface area contributed by atoms with Crippen LogP contribution in [0.4, 0.5) is 0 Å². The largest absolute Gasteiger partial charge is 0.481 e. The number of hydrogen-bond donors (Lipinski definition) is 2. The first kappa shape index (κ1) is 29.2. The Morgan fingerprint density at radius 2 is 1.80 bits per heavy atom. The van der Waals surface area contributed by atoms with Crippen molar-refractivity contribution in [2.24, 2.45) is 4.99 Å². The molecular weight excluding hydrogens is 616 g/mol. The zero-order valence-electron chi connectivity index (χ0n) is 22.0. The SMILES string of the molecule is O=C(O)CC[C@@H]1N=C(c2ccccc2Cl)c2cc(Br)ccc2-n2c(SCCCN3CCN(CCO)CC3)nnc21. The second kappa shape index (κ2) is 13.6. The molecule has 12 heteroatoms. The highest BCUT2D eigenvalue weighted by Crippen LogP contribution is 2.37. The van der Waals surface area contributed by atoms with Gasteiger partial charge in [0.15, 0.2) is 11.0 Å². The lowest BCUT2D eigenvalue weighted by Crippen LogP contribution is -2.47. The summed E-state index contributed by atoms with van der Waals surface area (Å²) >= 11 is 11.9. The zero-order valence-corrected chi connectivity index (χ0v) is 25.2. The average molecular weight is 648 g/mol. The predicted molar refractivity (Wildman–Crippen MR) is 161 cm³/mol. The monoisotopic (exact) mass is 646 g/mol. The highest BCUT2D eigenvalue weighted by molar-refractivity contribution is 9.10. The lowest BCUT2D eigenvalue weighted by molar-refractivity contribution is -0.137. The number of aliphatic hydroxyl groups excluding tert-OH is 1. The van der Waals surface area contributed by atoms with Crippen LogP contribution in [0.25, 0.3) is 5.69 Å². The molecule has 0 amide bonds. The Kier molecular flexibility index (Phi) is 9.93. The molecule has 2 aliphatic heterocycles. The number of aliphatic carboxylic acids is 1. The lowest BCUT2D eigenvalue weighted by Gasteiger charge is -2.34. The van der Waals surface area contributed by atoms with Crippen molar-refractivity contribution in [3.05, 3.63) is 68.9 Å². The Labute approximate surface area is 251 Å². The maximum Gasteiger partial charge on any atom is 0.303 e. The van der Waals surface area contributed by atoms with Gasteiger partial charge in [-0.3, -0.25) is 19.3 Å². The smallest absolute Gasteiger partial charge is 0.303 e. The Bertz CT molecular complexity index is 1380. The third kappa shape index (κ3) is 6.78. The number of aliphatic imine (C=N–C) groups is 1. The van der Waals surface area contributed by atoms with Crippen molar-refractivity contribution >= 4 is 51.0 Å². The van der Waals surface area contributed by atoms with Crippen molar-refractivity contribution < 1.29 is 15.0 Å². The van der Waals surface area contributed by atoms with Gasteiger partial charge < -0.3 is 15.1 Å². The van der Waals surface area contributed by atoms with Crippen LogP contribution >= 0.6 is 39.3 Å². The minimum absolute atomic E-state index is 0.0368. The summed E-state index contributed by atoms with van der Waals surface area (Å²) < 4.78 is 2.94. The van der Waals surface area contributed by atoms with Crippen LogP contribution < -0.4 is 0 Å². The number of aromatic nitrogens is 3. The maximum absolute atomic E-state index is 11.5. The van der Waals surface area contributed by atoms with Crippen molar-refractivity contribution in [1.29, 1.82) is 0 Å². The summed E-state index contributed by atoms with van der Waals surface area (Å²) in [6.07, 6.45) is 1.26. The van der Waals surface area contributed by atoms with Crippen LogP contribution in [-0.2, 0) is 4.79 Å². The van der Waals surface area contributed by atoms with Gasteiger partial charge in [-0.15, -0.1) is 10.2 Å². The summed E-state index contributed by atoms with van der Waals surface area (Å²) in [5.41, 5.74) is 3.26. The molecule has 3 aromatic rings. The predicted octanol–water partition coefficient (Wildman–Crippen LogP) is 4.53. The Morgan fingerprint density at radius 1 is 1.05 bits per heavy atom. The van der Waals surface area contributed by atoms with E-state index in [4.69, 9.17) is 21.7 Å². The number of piperazine rings is 1. The van der Waals surface area contributed by atoms with Crippen molar-refractivity contribution in [3.63, 3.8) is 0 Å². The molecule has 0 radical (unpaired) electrons. The summed E-state index contributed by atoms with van der Waals surface area (Å²) in [6, 6.07) is 13.1. The first-order chi connectivity index (χ1) is 19.4. The van der Waals surface area contributed by atoms with E-state index >= 15 is 0 Å². The number of carbonyl (C=O) groups is 1. The van der Waals surface area contributed by atoms with E-state index in [0.717, 1.165) is 77.9 Å². The number of thioether (sulfide) groups is 1. The summed E-state index contributed by atoms with van der Waals surface area (Å²) in [6.45, 7) is 5.97. The number of rotatable bonds is 11. The summed E-state index contributed by atoms with van der Waals surface area (Å²) in [5.74, 6) is 0.630. The first-order valence-corrected chi connectivity index (χ1v) is 15.6. The highest BCUT2D eigenvalue weighted by Gasteiger charge is 2.30. The van der Waals surface area contributed by atoms with Gasteiger partial charge in [0.1, 0.15) is 6.04 Å². The standard InChI is InChI=1S/C28H32BrClN6O3S/c29-19-6-8-24-21(18-19)26(20-4-1-2-5-22(20)30)31-23(7-9-25(38)39)27-32-33-28(36(24)27)40-17-3-10-34-11-13-35(14-12-34)15-16-37/h1-2,4-6,8,18,23,37H,3,7,9-17H2,(H,38,39)/t23-/m0/s1. The van der Waals surface area contributed by atoms with Gasteiger partial charge in [-0.2, -0.15) is 0 Å². The van der Waals surface area contributed by atoms with Crippen LogP contribution in [0.15, 0.2) is 57.1 Å². The number of aliphatic hydroxyl groups is 1. The molecule has 212 valence electrons. The molecule has 1 saturated heterocycles. The molecule has 0 spiro atoms. The van der Waals surface area contributed by atoms with E-state index in [-0.39, 0.29) is 13.0 Å². The lowest BCUT2D eigenvalue weighted by atomic mass is 10.00. The molecule has 2 aromatic carbocycles. The molecule has 0 aliphatic carbocycles. The molecule has 9 nitrogen and oxygen atoms in total. The molecule has 40 heavy (non-hydrogen) atoms. The Hall–Kier alpha value is -2.28. The zero-order chi connectivity index (χ0) is 28.1. The number of β-amino-alcohol motifs (C(OH)–C–C–N with tert-alkyl or cyclic N) is 1. The van der Waals surface area contributed by atoms with Gasteiger partial charge in [-0.05, 0) is 43.7 Å². The number of nitrogens with zero attached hydrogens (tertiary/aromatic N) is 6. The van der Waals surface area contributed by atoms with E-state index in [9.17, 15) is 9.90 Å². The Morgan fingerprint density at radius 3 is 2.52 bits per heavy atom. The highest BCUT2D eigenvalue weighted by atomic mass is 79.9. The van der Waals surface area contributed by atoms with Crippen molar-refractivity contribution in [2.75, 3.05) is 51.6 Å². The van der Waals surface area contributed by atoms with E-state index in [0.29, 0.717) is 23.0 Å². The average Bonchev–Trinajstić information content (AvgIpc) is 3.30. The Balaban J connectivity index is 1.41. The van der Waals surface area contributed by atoms with Crippen LogP contribution in [0.2, 0.25) is 5.02 Å². The maximum atomic E-state index is 11.5. The minimum Gasteiger partial charge on any atom is -0.481 e. The van der Waals surface area contributed by atoms with Crippen molar-refractivity contribution in [1.82, 2.24) is 24.6 Å². The van der Waals surface area contributed by atoms with E-state index < -0.39 is 12.0 Å². The second-order valence-corrected chi connectivity index (χ2v) is 12.2. The topological polar surface area (TPSA) is 107 Å². The van der Waals surface area contributed by atoms with Gasteiger partial charge in [0, 0.05) is 65.5 Å². The second-order valence-electron chi connectivity index (χ2n) is 9.85. The summed E-state index contributed by atoms with van der Waals surface area (Å²) in [4.78, 5) is 21.4. The molecule has 0 bridgehead atoms. The molecule has 1 aromatic heterocycles. The van der Waals surface area contributed by atoms with Crippen LogP contribution in [0.5, 0.6) is 0 Å². The third-order valence-corrected chi connectivity index (χ3v) is 9.03. The fourth-order valence-electron chi connectivity index (χ4n) is 5.14. The molecule has 0 unspecified atom stereocenters. The number of hydrogen-bond acceptors (Lipinski definition) is 8. The molecule has 1 fully saturated rings. The van der Waals surface area contributed by atoms with E-state index in [1.54, 1.807) is 11.8 Å². The summed E-state index contributed by atoms with van der Waals surface area (Å²) in [7, 11) is 0. The third-order valence-electron chi connectivity index (χ3n) is 7.19. The van der Waals surface area contributed by atoms with E-state index in [1.807, 2.05) is 47.0 Å². The number of benzene rings is 2. The molecule has 1 atom stereocenters. The minimum atomic E-state index is -0.878. The van der Waals surface area contributed by atoms with Gasteiger partial charge in [-0.1, -0.05) is 57.5 Å². The molecule has 2 aliphatic rings. The molecule has 2 N–H and O–H groups in total. The number of halogens is 2. The van der Waals surface area contributed by atoms with Gasteiger partial charge in [0.25, 0.3) is 0 Å². The van der Waals surface area contributed by atoms with Crippen LogP contribution in [-0.4, -0.2) is 98.1 Å². The van der Waals surface area contributed by atoms with Gasteiger partial charge in [0.05, 0.1) is 18.0 Å². The van der Waals surface area contributed by atoms with Crippen molar-refractivity contribution in [2.45, 2.75) is 30.5 Å². The quantitative estimate of drug-likeness (QED) is 0.231. The summed E-state index contributed by atoms with van der Waals surface area (Å²) in [5, 5.41) is 29.1. The first-order valence-electron chi connectivity index (χ1n) is 13.4. The van der Waals surface area contributed by atoms with E-state index in [2.05, 4.69) is 35.9 Å². The van der Waals surface area contributed by atoms with Crippen LogP contribution in [0, 0.1) is 0 Å². The molecular formula is C28H32BrClN6O3S. The molecule has 3 heterocycles. The van der Waals surface area contributed by atoms with Gasteiger partial charge >= 0.3 is 5.97 Å². The fraction of sp³-hybridized carbons (Fsp3) is 0.429.